The summed E-state index contributed by atoms with van der Waals surface area (Å²) in [4.78, 5) is 0. The van der Waals surface area contributed by atoms with E-state index in [0.29, 0.717) is 0 Å². The Hall–Kier alpha value is -1.08. The summed E-state index contributed by atoms with van der Waals surface area (Å²) in [6, 6.07) is 9.39. The van der Waals surface area contributed by atoms with E-state index in [1.165, 1.54) is 234 Å². The molecule has 0 atom stereocenters. The topological polar surface area (TPSA) is 0 Å². The van der Waals surface area contributed by atoms with Crippen LogP contribution in [-0.2, 0) is 6.54 Å². The summed E-state index contributed by atoms with van der Waals surface area (Å²) in [6.07, 6.45) is 45.0. The number of quaternary nitrogens is 1. The number of benzene rings is 1. The molecule has 268 valence electrons. The minimum absolute atomic E-state index is 1.23. The van der Waals surface area contributed by atoms with E-state index in [1.54, 1.807) is 0 Å². The van der Waals surface area contributed by atoms with Crippen molar-refractivity contribution in [1.29, 1.82) is 0 Å². The van der Waals surface area contributed by atoms with Crippen molar-refractivity contribution in [2.24, 2.45) is 0 Å². The van der Waals surface area contributed by atoms with E-state index in [-0.39, 0.29) is 0 Å². The number of unbranched alkanes of at least 4 members (excludes halogenated alkanes) is 27. The average molecular weight is 639 g/mol. The van der Waals surface area contributed by atoms with E-state index < -0.39 is 0 Å². The Balaban J connectivity index is 2.68. The van der Waals surface area contributed by atoms with Crippen LogP contribution in [0.15, 0.2) is 30.8 Å². The fraction of sp³-hybridized carbons (Fsp3) is 0.822. The number of nitrogens with zero attached hydrogens (tertiary/aromatic N) is 1. The van der Waals surface area contributed by atoms with Crippen molar-refractivity contribution in [2.75, 3.05) is 19.6 Å². The van der Waals surface area contributed by atoms with Gasteiger partial charge in [0.25, 0.3) is 0 Å². The second-order valence-corrected chi connectivity index (χ2v) is 15.2. The highest BCUT2D eigenvalue weighted by Gasteiger charge is 2.27. The van der Waals surface area contributed by atoms with Crippen LogP contribution in [0.3, 0.4) is 0 Å². The van der Waals surface area contributed by atoms with Gasteiger partial charge in [-0.15, -0.1) is 0 Å². The van der Waals surface area contributed by atoms with Crippen molar-refractivity contribution in [3.8, 4) is 0 Å². The molecule has 0 saturated heterocycles. The van der Waals surface area contributed by atoms with Gasteiger partial charge in [0, 0.05) is 5.56 Å². The summed E-state index contributed by atoms with van der Waals surface area (Å²) < 4.78 is 1.33. The molecule has 0 heterocycles. The molecule has 0 aliphatic heterocycles. The van der Waals surface area contributed by atoms with Gasteiger partial charge >= 0.3 is 0 Å². The summed E-state index contributed by atoms with van der Waals surface area (Å²) in [5, 5.41) is 0. The molecular formula is C45H84N+. The molecule has 1 rings (SSSR count). The Morgan fingerprint density at radius 3 is 0.913 bits per heavy atom. The molecule has 0 N–H and O–H groups in total. The first-order valence-corrected chi connectivity index (χ1v) is 21.3. The second-order valence-electron chi connectivity index (χ2n) is 15.2. The molecule has 46 heavy (non-hydrogen) atoms. The largest absolute Gasteiger partial charge is 0.320 e. The zero-order chi connectivity index (χ0) is 33.2. The van der Waals surface area contributed by atoms with Gasteiger partial charge in [-0.3, -0.25) is 0 Å². The molecule has 0 unspecified atom stereocenters. The van der Waals surface area contributed by atoms with Gasteiger partial charge in [0.2, 0.25) is 0 Å². The normalized spacial score (nSPS) is 11.8. The third-order valence-electron chi connectivity index (χ3n) is 10.7. The molecule has 0 aliphatic carbocycles. The molecule has 0 aromatic heterocycles. The Bertz CT molecular complexity index is 689. The monoisotopic (exact) mass is 639 g/mol. The third-order valence-corrected chi connectivity index (χ3v) is 10.7. The lowest BCUT2D eigenvalue weighted by atomic mass is 10.0. The summed E-state index contributed by atoms with van der Waals surface area (Å²) >= 11 is 0. The third kappa shape index (κ3) is 25.0. The maximum absolute atomic E-state index is 4.00. The molecule has 0 radical (unpaired) electrons. The minimum Gasteiger partial charge on any atom is -0.320 e. The molecule has 1 heteroatoms. The van der Waals surface area contributed by atoms with Gasteiger partial charge in [-0.1, -0.05) is 212 Å². The van der Waals surface area contributed by atoms with Crippen LogP contribution in [0.4, 0.5) is 0 Å². The van der Waals surface area contributed by atoms with Gasteiger partial charge in [-0.2, -0.15) is 0 Å². The first kappa shape index (κ1) is 42.9. The smallest absolute Gasteiger partial charge is 0.104 e. The fourth-order valence-corrected chi connectivity index (χ4v) is 7.52. The molecule has 1 aromatic carbocycles. The highest BCUT2D eigenvalue weighted by atomic mass is 15.3. The van der Waals surface area contributed by atoms with Crippen LogP contribution in [0.5, 0.6) is 0 Å². The van der Waals surface area contributed by atoms with Crippen molar-refractivity contribution in [3.05, 3.63) is 42.0 Å². The van der Waals surface area contributed by atoms with Crippen LogP contribution in [0, 0.1) is 0 Å². The summed E-state index contributed by atoms with van der Waals surface area (Å²) in [7, 11) is 0. The van der Waals surface area contributed by atoms with Crippen LogP contribution < -0.4 is 0 Å². The molecule has 0 aliphatic rings. The summed E-state index contributed by atoms with van der Waals surface area (Å²) in [5.41, 5.74) is 2.79. The Morgan fingerprint density at radius 1 is 0.391 bits per heavy atom. The predicted molar refractivity (Wildman–Crippen MR) is 211 cm³/mol. The van der Waals surface area contributed by atoms with Crippen LogP contribution in [0.2, 0.25) is 0 Å². The van der Waals surface area contributed by atoms with Gasteiger partial charge in [0.1, 0.15) is 6.54 Å². The summed E-state index contributed by atoms with van der Waals surface area (Å²) in [6.45, 7) is 16.3. The van der Waals surface area contributed by atoms with Crippen LogP contribution in [0.25, 0.3) is 6.08 Å². The van der Waals surface area contributed by atoms with E-state index in [2.05, 4.69) is 51.6 Å². The molecule has 0 saturated carbocycles. The number of rotatable bonds is 36. The molecule has 0 amide bonds. The molecular weight excluding hydrogens is 555 g/mol. The Kier molecular flexibility index (Phi) is 30.3. The first-order valence-electron chi connectivity index (χ1n) is 21.3. The van der Waals surface area contributed by atoms with Crippen LogP contribution >= 0.6 is 0 Å². The van der Waals surface area contributed by atoms with Gasteiger partial charge in [0.15, 0.2) is 0 Å². The van der Waals surface area contributed by atoms with Crippen molar-refractivity contribution >= 4 is 6.08 Å². The second kappa shape index (κ2) is 32.5. The fourth-order valence-electron chi connectivity index (χ4n) is 7.52. The van der Waals surface area contributed by atoms with E-state index >= 15 is 0 Å². The van der Waals surface area contributed by atoms with Crippen molar-refractivity contribution in [1.82, 2.24) is 0 Å². The van der Waals surface area contributed by atoms with Gasteiger partial charge in [0.05, 0.1) is 19.6 Å². The number of hydrogen-bond acceptors (Lipinski definition) is 0. The highest BCUT2D eigenvalue weighted by molar-refractivity contribution is 5.47. The number of hydrogen-bond donors (Lipinski definition) is 0. The molecule has 0 spiro atoms. The summed E-state index contributed by atoms with van der Waals surface area (Å²) in [5.74, 6) is 0. The quantitative estimate of drug-likeness (QED) is 0.0507. The standard InChI is InChI=1S/C45H84N/c1-5-9-12-15-18-21-24-27-30-33-40-46(43-45-38-36-44(8-4)37-39-45,41-34-31-28-25-22-19-16-13-10-6-2)42-35-32-29-26-23-20-17-14-11-7-3/h8,36-39H,4-7,9-35,40-43H2,1-3H3/q+1. The van der Waals surface area contributed by atoms with Crippen molar-refractivity contribution < 1.29 is 4.48 Å². The maximum atomic E-state index is 4.00. The van der Waals surface area contributed by atoms with Crippen LogP contribution in [-0.4, -0.2) is 24.1 Å². The van der Waals surface area contributed by atoms with E-state index in [0.717, 1.165) is 0 Å². The predicted octanol–water partition coefficient (Wildman–Crippen LogP) is 15.4. The Labute approximate surface area is 291 Å². The van der Waals surface area contributed by atoms with Crippen molar-refractivity contribution in [3.63, 3.8) is 0 Å². The lowest BCUT2D eigenvalue weighted by Gasteiger charge is -2.39. The zero-order valence-electron chi connectivity index (χ0n) is 32.1. The lowest BCUT2D eigenvalue weighted by Crippen LogP contribution is -2.49. The minimum atomic E-state index is 1.23. The van der Waals surface area contributed by atoms with Crippen molar-refractivity contribution in [2.45, 2.75) is 220 Å². The zero-order valence-corrected chi connectivity index (χ0v) is 32.1. The Morgan fingerprint density at radius 2 is 0.652 bits per heavy atom. The van der Waals surface area contributed by atoms with Gasteiger partial charge in [-0.25, -0.2) is 0 Å². The van der Waals surface area contributed by atoms with Crippen LogP contribution in [0.1, 0.15) is 225 Å². The average Bonchev–Trinajstić information content (AvgIpc) is 3.07. The lowest BCUT2D eigenvalue weighted by molar-refractivity contribution is -0.941. The van der Waals surface area contributed by atoms with E-state index in [4.69, 9.17) is 0 Å². The SMILES string of the molecule is C=Cc1ccc(C[N+](CCCCCCCCCCCC)(CCCCCCCCCCCC)CCCCCCCCCCCC)cc1. The maximum Gasteiger partial charge on any atom is 0.104 e. The van der Waals surface area contributed by atoms with E-state index in [1.807, 2.05) is 6.08 Å². The first-order chi connectivity index (χ1) is 22.7. The molecule has 0 fully saturated rings. The highest BCUT2D eigenvalue weighted by Crippen LogP contribution is 2.23. The molecule has 1 nitrogen and oxygen atoms in total. The van der Waals surface area contributed by atoms with Gasteiger partial charge < -0.3 is 4.48 Å². The molecule has 0 bridgehead atoms. The van der Waals surface area contributed by atoms with Gasteiger partial charge in [-0.05, 0) is 44.1 Å². The van der Waals surface area contributed by atoms with E-state index in [9.17, 15) is 0 Å². The molecule has 1 aromatic rings.